The number of amides is 1. The Morgan fingerprint density at radius 2 is 1.77 bits per heavy atom. The molecule has 0 saturated carbocycles. The molecule has 0 unspecified atom stereocenters. The summed E-state index contributed by atoms with van der Waals surface area (Å²) in [4.78, 5) is 12.2. The summed E-state index contributed by atoms with van der Waals surface area (Å²) in [6.07, 6.45) is 1.02. The molecule has 3 nitrogen and oxygen atoms in total. The molecule has 0 aliphatic carbocycles. The van der Waals surface area contributed by atoms with E-state index in [1.807, 2.05) is 56.3 Å². The molecule has 1 N–H and O–H groups in total. The van der Waals surface area contributed by atoms with Crippen LogP contribution in [0.25, 0.3) is 0 Å². The molecule has 0 heterocycles. The summed E-state index contributed by atoms with van der Waals surface area (Å²) >= 11 is 0. The lowest BCUT2D eigenvalue weighted by Crippen LogP contribution is -2.39. The van der Waals surface area contributed by atoms with Gasteiger partial charge >= 0.3 is 0 Å². The highest BCUT2D eigenvalue weighted by atomic mass is 16.5. The van der Waals surface area contributed by atoms with E-state index >= 15 is 0 Å². The van der Waals surface area contributed by atoms with Crippen LogP contribution in [0.3, 0.4) is 0 Å². The summed E-state index contributed by atoms with van der Waals surface area (Å²) in [7, 11) is 0. The van der Waals surface area contributed by atoms with Gasteiger partial charge in [0.1, 0.15) is 5.75 Å². The third-order valence-electron chi connectivity index (χ3n) is 3.58. The van der Waals surface area contributed by atoms with Gasteiger partial charge in [0.15, 0.2) is 6.10 Å². The van der Waals surface area contributed by atoms with Gasteiger partial charge in [-0.05, 0) is 37.0 Å². The monoisotopic (exact) mass is 297 g/mol. The largest absolute Gasteiger partial charge is 0.480 e. The van der Waals surface area contributed by atoms with E-state index in [-0.39, 0.29) is 5.91 Å². The average Bonchev–Trinajstić information content (AvgIpc) is 2.55. The maximum atomic E-state index is 12.2. The first-order chi connectivity index (χ1) is 10.7. The van der Waals surface area contributed by atoms with Gasteiger partial charge in [0, 0.05) is 6.54 Å². The number of hydrogen-bond acceptors (Lipinski definition) is 2. The minimum atomic E-state index is -0.447. The molecule has 0 aliphatic heterocycles. The van der Waals surface area contributed by atoms with Crippen LogP contribution < -0.4 is 10.1 Å². The van der Waals surface area contributed by atoms with Crippen molar-refractivity contribution in [2.45, 2.75) is 32.8 Å². The second kappa shape index (κ2) is 8.23. The average molecular weight is 297 g/mol. The zero-order valence-corrected chi connectivity index (χ0v) is 13.2. The van der Waals surface area contributed by atoms with Crippen LogP contribution in [0.1, 0.15) is 24.5 Å². The lowest BCUT2D eigenvalue weighted by Gasteiger charge is -2.18. The highest BCUT2D eigenvalue weighted by Crippen LogP contribution is 2.18. The zero-order chi connectivity index (χ0) is 15.8. The maximum Gasteiger partial charge on any atom is 0.261 e. The van der Waals surface area contributed by atoms with Crippen molar-refractivity contribution in [2.75, 3.05) is 6.54 Å². The number of benzene rings is 2. The molecule has 0 fully saturated rings. The second-order valence-corrected chi connectivity index (χ2v) is 5.31. The van der Waals surface area contributed by atoms with Crippen molar-refractivity contribution < 1.29 is 9.53 Å². The third kappa shape index (κ3) is 4.62. The van der Waals surface area contributed by atoms with Crippen molar-refractivity contribution in [3.05, 3.63) is 65.7 Å². The van der Waals surface area contributed by atoms with Crippen molar-refractivity contribution in [1.82, 2.24) is 5.32 Å². The van der Waals surface area contributed by atoms with Crippen LogP contribution >= 0.6 is 0 Å². The molecule has 1 atom stereocenters. The van der Waals surface area contributed by atoms with Crippen molar-refractivity contribution >= 4 is 5.91 Å². The van der Waals surface area contributed by atoms with Crippen molar-refractivity contribution in [1.29, 1.82) is 0 Å². The van der Waals surface area contributed by atoms with Gasteiger partial charge < -0.3 is 10.1 Å². The van der Waals surface area contributed by atoms with Gasteiger partial charge in [-0.1, -0.05) is 55.5 Å². The number of nitrogens with one attached hydrogen (secondary N) is 1. The molecule has 0 aromatic heterocycles. The fraction of sp³-hybridized carbons (Fsp3) is 0.316. The van der Waals surface area contributed by atoms with E-state index in [4.69, 9.17) is 4.74 Å². The first-order valence-electron chi connectivity index (χ1n) is 7.74. The Kier molecular flexibility index (Phi) is 6.01. The molecule has 3 heteroatoms. The van der Waals surface area contributed by atoms with E-state index in [1.165, 1.54) is 5.56 Å². The molecule has 0 bridgehead atoms. The van der Waals surface area contributed by atoms with Crippen molar-refractivity contribution in [3.8, 4) is 5.75 Å². The molecule has 2 aromatic carbocycles. The summed E-state index contributed by atoms with van der Waals surface area (Å²) in [6.45, 7) is 4.56. The number of ether oxygens (including phenoxy) is 1. The Hall–Kier alpha value is -2.29. The minimum Gasteiger partial charge on any atom is -0.480 e. The van der Waals surface area contributed by atoms with E-state index in [0.29, 0.717) is 13.0 Å². The summed E-state index contributed by atoms with van der Waals surface area (Å²) in [5.74, 6) is 0.717. The summed E-state index contributed by atoms with van der Waals surface area (Å²) in [5, 5.41) is 2.96. The third-order valence-corrected chi connectivity index (χ3v) is 3.58. The quantitative estimate of drug-likeness (QED) is 0.849. The lowest BCUT2D eigenvalue weighted by molar-refractivity contribution is -0.128. The summed E-state index contributed by atoms with van der Waals surface area (Å²) < 4.78 is 5.85. The van der Waals surface area contributed by atoms with Crippen molar-refractivity contribution in [2.24, 2.45) is 0 Å². The lowest BCUT2D eigenvalue weighted by atomic mass is 10.1. The predicted octanol–water partition coefficient (Wildman–Crippen LogP) is 3.51. The molecule has 0 spiro atoms. The fourth-order valence-corrected chi connectivity index (χ4v) is 2.25. The van der Waals surface area contributed by atoms with E-state index < -0.39 is 6.10 Å². The Morgan fingerprint density at radius 1 is 1.09 bits per heavy atom. The second-order valence-electron chi connectivity index (χ2n) is 5.31. The van der Waals surface area contributed by atoms with Crippen LogP contribution in [0.4, 0.5) is 0 Å². The Balaban J connectivity index is 1.85. The van der Waals surface area contributed by atoms with Crippen LogP contribution in [0, 0.1) is 6.92 Å². The summed E-state index contributed by atoms with van der Waals surface area (Å²) in [5.41, 5.74) is 2.26. The zero-order valence-electron chi connectivity index (χ0n) is 13.2. The van der Waals surface area contributed by atoms with Crippen LogP contribution in [0.15, 0.2) is 54.6 Å². The number of rotatable bonds is 7. The van der Waals surface area contributed by atoms with Crippen LogP contribution in [-0.4, -0.2) is 18.6 Å². The molecule has 22 heavy (non-hydrogen) atoms. The van der Waals surface area contributed by atoms with Gasteiger partial charge in [-0.2, -0.15) is 0 Å². The maximum absolute atomic E-state index is 12.2. The fourth-order valence-electron chi connectivity index (χ4n) is 2.25. The molecule has 2 rings (SSSR count). The van der Waals surface area contributed by atoms with E-state index in [1.54, 1.807) is 0 Å². The van der Waals surface area contributed by atoms with Gasteiger partial charge in [-0.25, -0.2) is 0 Å². The molecule has 1 amide bonds. The van der Waals surface area contributed by atoms with Crippen LogP contribution in [0.5, 0.6) is 5.75 Å². The highest BCUT2D eigenvalue weighted by Gasteiger charge is 2.18. The van der Waals surface area contributed by atoms with Gasteiger partial charge in [0.05, 0.1) is 0 Å². The Labute approximate surface area is 132 Å². The number of para-hydroxylation sites is 1. The van der Waals surface area contributed by atoms with Crippen molar-refractivity contribution in [3.63, 3.8) is 0 Å². The first-order valence-corrected chi connectivity index (χ1v) is 7.74. The molecule has 116 valence electrons. The molecule has 0 saturated heterocycles. The minimum absolute atomic E-state index is 0.0540. The highest BCUT2D eigenvalue weighted by molar-refractivity contribution is 5.81. The van der Waals surface area contributed by atoms with Crippen LogP contribution in [-0.2, 0) is 11.2 Å². The molecular formula is C19H23NO2. The SMILES string of the molecule is CC[C@H](Oc1ccccc1C)C(=O)NCCc1ccccc1. The van der Waals surface area contributed by atoms with Crippen LogP contribution in [0.2, 0.25) is 0 Å². The van der Waals surface area contributed by atoms with Gasteiger partial charge in [0.2, 0.25) is 0 Å². The standard InChI is InChI=1S/C19H23NO2/c1-3-17(22-18-12-8-7-9-15(18)2)19(21)20-14-13-16-10-5-4-6-11-16/h4-12,17H,3,13-14H2,1-2H3,(H,20,21)/t17-/m0/s1. The number of carbonyl (C=O) groups excluding carboxylic acids is 1. The molecule has 0 aliphatic rings. The number of aryl methyl sites for hydroxylation is 1. The van der Waals surface area contributed by atoms with E-state index in [2.05, 4.69) is 17.4 Å². The van der Waals surface area contributed by atoms with Gasteiger partial charge in [-0.3, -0.25) is 4.79 Å². The molecular weight excluding hydrogens is 274 g/mol. The summed E-state index contributed by atoms with van der Waals surface area (Å²) in [6, 6.07) is 17.9. The van der Waals surface area contributed by atoms with E-state index in [9.17, 15) is 4.79 Å². The number of carbonyl (C=O) groups is 1. The number of hydrogen-bond donors (Lipinski definition) is 1. The van der Waals surface area contributed by atoms with E-state index in [0.717, 1.165) is 17.7 Å². The topological polar surface area (TPSA) is 38.3 Å². The first kappa shape index (κ1) is 16.1. The predicted molar refractivity (Wildman–Crippen MR) is 89.0 cm³/mol. The Bertz CT molecular complexity index is 595. The molecule has 2 aromatic rings. The smallest absolute Gasteiger partial charge is 0.261 e. The molecule has 0 radical (unpaired) electrons. The van der Waals surface area contributed by atoms with Gasteiger partial charge in [-0.15, -0.1) is 0 Å². The van der Waals surface area contributed by atoms with Gasteiger partial charge in [0.25, 0.3) is 5.91 Å². The normalized spacial score (nSPS) is 11.7. The Morgan fingerprint density at radius 3 is 2.45 bits per heavy atom.